The lowest BCUT2D eigenvalue weighted by molar-refractivity contribution is 0.178. The number of pyridine rings is 1. The van der Waals surface area contributed by atoms with Crippen LogP contribution in [-0.2, 0) is 6.42 Å². The number of rotatable bonds is 3. The lowest BCUT2D eigenvalue weighted by Gasteiger charge is -2.12. The molecule has 1 unspecified atom stereocenters. The van der Waals surface area contributed by atoms with Crippen molar-refractivity contribution in [3.8, 4) is 0 Å². The Bertz CT molecular complexity index is 557. The molecule has 0 amide bonds. The van der Waals surface area contributed by atoms with Gasteiger partial charge in [-0.25, -0.2) is 9.37 Å². The van der Waals surface area contributed by atoms with Gasteiger partial charge in [0.25, 0.3) is 0 Å². The maximum atomic E-state index is 13.4. The first-order valence-electron chi connectivity index (χ1n) is 5.71. The number of nitrogen functional groups attached to an aromatic ring is 1. The van der Waals surface area contributed by atoms with Crippen LogP contribution in [0.5, 0.6) is 0 Å². The Balaban J connectivity index is 2.19. The Morgan fingerprint density at radius 3 is 2.83 bits per heavy atom. The van der Waals surface area contributed by atoms with Gasteiger partial charge >= 0.3 is 0 Å². The molecule has 1 aromatic carbocycles. The average Bonchev–Trinajstić information content (AvgIpc) is 2.35. The van der Waals surface area contributed by atoms with Crippen molar-refractivity contribution in [1.29, 1.82) is 0 Å². The first kappa shape index (κ1) is 12.5. The SMILES string of the molecule is Cc1ccc(C(O)Cc2cccnc2N)cc1F. The molecule has 0 aliphatic carbocycles. The number of aromatic nitrogens is 1. The molecule has 3 N–H and O–H groups in total. The Morgan fingerprint density at radius 1 is 1.39 bits per heavy atom. The largest absolute Gasteiger partial charge is 0.388 e. The van der Waals surface area contributed by atoms with E-state index in [0.29, 0.717) is 23.4 Å². The second-order valence-corrected chi connectivity index (χ2v) is 4.28. The van der Waals surface area contributed by atoms with Crippen molar-refractivity contribution >= 4 is 5.82 Å². The van der Waals surface area contributed by atoms with E-state index in [-0.39, 0.29) is 5.82 Å². The topological polar surface area (TPSA) is 59.1 Å². The number of aliphatic hydroxyl groups excluding tert-OH is 1. The standard InChI is InChI=1S/C14H15FN2O/c1-9-4-5-10(7-12(9)15)13(18)8-11-3-2-6-17-14(11)16/h2-7,13,18H,8H2,1H3,(H2,16,17). The number of hydrogen-bond donors (Lipinski definition) is 2. The summed E-state index contributed by atoms with van der Waals surface area (Å²) in [6.07, 6.45) is 1.13. The minimum atomic E-state index is -0.786. The van der Waals surface area contributed by atoms with Crippen LogP contribution in [0, 0.1) is 12.7 Å². The molecule has 0 saturated carbocycles. The van der Waals surface area contributed by atoms with Crippen LogP contribution in [0.2, 0.25) is 0 Å². The molecular formula is C14H15FN2O. The summed E-state index contributed by atoms with van der Waals surface area (Å²) in [5, 5.41) is 10.1. The van der Waals surface area contributed by atoms with Gasteiger partial charge in [-0.2, -0.15) is 0 Å². The van der Waals surface area contributed by atoms with E-state index in [0.717, 1.165) is 5.56 Å². The third kappa shape index (κ3) is 2.65. The molecule has 94 valence electrons. The zero-order valence-corrected chi connectivity index (χ0v) is 10.1. The minimum absolute atomic E-state index is 0.314. The minimum Gasteiger partial charge on any atom is -0.388 e. The lowest BCUT2D eigenvalue weighted by atomic mass is 10.0. The van der Waals surface area contributed by atoms with E-state index in [2.05, 4.69) is 4.98 Å². The van der Waals surface area contributed by atoms with Gasteiger partial charge in [-0.3, -0.25) is 0 Å². The predicted octanol–water partition coefficient (Wildman–Crippen LogP) is 2.39. The number of nitrogens with two attached hydrogens (primary N) is 1. The van der Waals surface area contributed by atoms with Crippen LogP contribution in [0.3, 0.4) is 0 Å². The number of halogens is 1. The lowest BCUT2D eigenvalue weighted by Crippen LogP contribution is -2.06. The van der Waals surface area contributed by atoms with Gasteiger partial charge in [-0.05, 0) is 35.7 Å². The smallest absolute Gasteiger partial charge is 0.126 e. The van der Waals surface area contributed by atoms with Gasteiger partial charge in [0.2, 0.25) is 0 Å². The quantitative estimate of drug-likeness (QED) is 0.874. The highest BCUT2D eigenvalue weighted by Crippen LogP contribution is 2.22. The van der Waals surface area contributed by atoms with E-state index in [1.165, 1.54) is 6.07 Å². The zero-order valence-electron chi connectivity index (χ0n) is 10.1. The fourth-order valence-corrected chi connectivity index (χ4v) is 1.77. The van der Waals surface area contributed by atoms with E-state index in [4.69, 9.17) is 5.73 Å². The van der Waals surface area contributed by atoms with E-state index in [1.807, 2.05) is 0 Å². The molecule has 0 aliphatic rings. The summed E-state index contributed by atoms with van der Waals surface area (Å²) < 4.78 is 13.4. The molecule has 1 heterocycles. The third-order valence-corrected chi connectivity index (χ3v) is 2.92. The van der Waals surface area contributed by atoms with Crippen molar-refractivity contribution in [3.05, 3.63) is 59.0 Å². The summed E-state index contributed by atoms with van der Waals surface area (Å²) in [5.74, 6) is 0.0786. The first-order chi connectivity index (χ1) is 8.58. The van der Waals surface area contributed by atoms with Gasteiger partial charge in [-0.1, -0.05) is 18.2 Å². The summed E-state index contributed by atoms with van der Waals surface area (Å²) in [4.78, 5) is 3.95. The first-order valence-corrected chi connectivity index (χ1v) is 5.71. The molecule has 3 nitrogen and oxygen atoms in total. The summed E-state index contributed by atoms with van der Waals surface area (Å²) in [6, 6.07) is 8.28. The molecule has 2 rings (SSSR count). The summed E-state index contributed by atoms with van der Waals surface area (Å²) in [5.41, 5.74) is 7.56. The molecule has 1 atom stereocenters. The van der Waals surface area contributed by atoms with Crippen molar-refractivity contribution < 1.29 is 9.50 Å². The second kappa shape index (κ2) is 5.14. The molecule has 4 heteroatoms. The monoisotopic (exact) mass is 246 g/mol. The summed E-state index contributed by atoms with van der Waals surface area (Å²) in [6.45, 7) is 1.69. The number of anilines is 1. The van der Waals surface area contributed by atoms with Crippen molar-refractivity contribution in [1.82, 2.24) is 4.98 Å². The highest BCUT2D eigenvalue weighted by molar-refractivity contribution is 5.39. The van der Waals surface area contributed by atoms with E-state index in [1.54, 1.807) is 37.4 Å². The number of aliphatic hydroxyl groups is 1. The summed E-state index contributed by atoms with van der Waals surface area (Å²) in [7, 11) is 0. The van der Waals surface area contributed by atoms with Crippen LogP contribution < -0.4 is 5.73 Å². The van der Waals surface area contributed by atoms with Gasteiger partial charge in [0.1, 0.15) is 11.6 Å². The molecule has 0 fully saturated rings. The maximum Gasteiger partial charge on any atom is 0.126 e. The van der Waals surface area contributed by atoms with Crippen LogP contribution in [0.25, 0.3) is 0 Å². The molecule has 2 aromatic rings. The van der Waals surface area contributed by atoms with Crippen molar-refractivity contribution in [2.75, 3.05) is 5.73 Å². The van der Waals surface area contributed by atoms with Crippen molar-refractivity contribution in [3.63, 3.8) is 0 Å². The summed E-state index contributed by atoms with van der Waals surface area (Å²) >= 11 is 0. The van der Waals surface area contributed by atoms with Crippen LogP contribution in [0.4, 0.5) is 10.2 Å². The van der Waals surface area contributed by atoms with Gasteiger partial charge in [0, 0.05) is 12.6 Å². The fourth-order valence-electron chi connectivity index (χ4n) is 1.77. The predicted molar refractivity (Wildman–Crippen MR) is 68.5 cm³/mol. The van der Waals surface area contributed by atoms with E-state index in [9.17, 15) is 9.50 Å². The van der Waals surface area contributed by atoms with Gasteiger partial charge < -0.3 is 10.8 Å². The van der Waals surface area contributed by atoms with Crippen molar-refractivity contribution in [2.45, 2.75) is 19.4 Å². The normalized spacial score (nSPS) is 12.4. The Hall–Kier alpha value is -1.94. The molecule has 0 aliphatic heterocycles. The number of aryl methyl sites for hydroxylation is 1. The van der Waals surface area contributed by atoms with E-state index >= 15 is 0 Å². The highest BCUT2D eigenvalue weighted by atomic mass is 19.1. The van der Waals surface area contributed by atoms with Crippen LogP contribution in [0.1, 0.15) is 22.8 Å². The van der Waals surface area contributed by atoms with Gasteiger partial charge in [0.05, 0.1) is 6.10 Å². The Morgan fingerprint density at radius 2 is 2.17 bits per heavy atom. The number of benzene rings is 1. The molecular weight excluding hydrogens is 231 g/mol. The van der Waals surface area contributed by atoms with Crippen LogP contribution in [-0.4, -0.2) is 10.1 Å². The molecule has 0 bridgehead atoms. The highest BCUT2D eigenvalue weighted by Gasteiger charge is 2.12. The molecule has 0 saturated heterocycles. The van der Waals surface area contributed by atoms with Gasteiger partial charge in [-0.15, -0.1) is 0 Å². The van der Waals surface area contributed by atoms with E-state index < -0.39 is 6.10 Å². The molecule has 1 aromatic heterocycles. The van der Waals surface area contributed by atoms with Gasteiger partial charge in [0.15, 0.2) is 0 Å². The second-order valence-electron chi connectivity index (χ2n) is 4.28. The molecule has 18 heavy (non-hydrogen) atoms. The molecule has 0 radical (unpaired) electrons. The Labute approximate surface area is 105 Å². The molecule has 0 spiro atoms. The zero-order chi connectivity index (χ0) is 13.1. The van der Waals surface area contributed by atoms with Crippen LogP contribution >= 0.6 is 0 Å². The number of nitrogens with zero attached hydrogens (tertiary/aromatic N) is 1. The fraction of sp³-hybridized carbons (Fsp3) is 0.214. The number of hydrogen-bond acceptors (Lipinski definition) is 3. The maximum absolute atomic E-state index is 13.4. The Kier molecular flexibility index (Phi) is 3.58. The van der Waals surface area contributed by atoms with Crippen molar-refractivity contribution in [2.24, 2.45) is 0 Å². The third-order valence-electron chi connectivity index (χ3n) is 2.92. The average molecular weight is 246 g/mol. The van der Waals surface area contributed by atoms with Crippen LogP contribution in [0.15, 0.2) is 36.5 Å².